The van der Waals surface area contributed by atoms with Crippen molar-refractivity contribution in [1.82, 2.24) is 10.2 Å². The zero-order valence-corrected chi connectivity index (χ0v) is 12.7. The predicted molar refractivity (Wildman–Crippen MR) is 76.7 cm³/mol. The van der Waals surface area contributed by atoms with Crippen molar-refractivity contribution in [3.8, 4) is 0 Å². The number of hydrogen-bond donors (Lipinski definition) is 1. The lowest BCUT2D eigenvalue weighted by molar-refractivity contribution is -0.162. The van der Waals surface area contributed by atoms with Gasteiger partial charge in [-0.3, -0.25) is 9.59 Å². The number of hydrogen-bond acceptors (Lipinski definition) is 2. The SMILES string of the molecule is C/C=C/CN1C(=O)C(CC)(CC)NC(=O)C1(C)CC. The minimum atomic E-state index is -0.746. The van der Waals surface area contributed by atoms with E-state index in [0.29, 0.717) is 25.8 Å². The second-order valence-electron chi connectivity index (χ2n) is 5.36. The van der Waals surface area contributed by atoms with Crippen molar-refractivity contribution in [2.45, 2.75) is 65.0 Å². The van der Waals surface area contributed by atoms with Gasteiger partial charge in [-0.25, -0.2) is 0 Å². The minimum absolute atomic E-state index is 0.0391. The first-order valence-corrected chi connectivity index (χ1v) is 7.17. The van der Waals surface area contributed by atoms with Crippen LogP contribution in [0.2, 0.25) is 0 Å². The number of nitrogens with one attached hydrogen (secondary N) is 1. The van der Waals surface area contributed by atoms with Gasteiger partial charge in [0.15, 0.2) is 0 Å². The largest absolute Gasteiger partial charge is 0.340 e. The lowest BCUT2D eigenvalue weighted by Crippen LogP contribution is -2.74. The van der Waals surface area contributed by atoms with E-state index >= 15 is 0 Å². The van der Waals surface area contributed by atoms with Gasteiger partial charge in [-0.1, -0.05) is 32.9 Å². The molecule has 4 nitrogen and oxygen atoms in total. The summed E-state index contributed by atoms with van der Waals surface area (Å²) >= 11 is 0. The van der Waals surface area contributed by atoms with Crippen LogP contribution in [0.1, 0.15) is 53.9 Å². The number of allylic oxidation sites excluding steroid dienone is 1. The highest BCUT2D eigenvalue weighted by Gasteiger charge is 2.53. The number of amides is 2. The number of nitrogens with zero attached hydrogens (tertiary/aromatic N) is 1. The minimum Gasteiger partial charge on any atom is -0.340 e. The van der Waals surface area contributed by atoms with Crippen LogP contribution in [-0.2, 0) is 9.59 Å². The van der Waals surface area contributed by atoms with E-state index in [2.05, 4.69) is 5.32 Å². The third-order valence-electron chi connectivity index (χ3n) is 4.51. The molecule has 1 N–H and O–H groups in total. The van der Waals surface area contributed by atoms with Gasteiger partial charge in [0.1, 0.15) is 11.1 Å². The van der Waals surface area contributed by atoms with Gasteiger partial charge in [-0.05, 0) is 33.1 Å². The summed E-state index contributed by atoms with van der Waals surface area (Å²) in [5, 5.41) is 2.97. The zero-order chi connectivity index (χ0) is 14.7. The fraction of sp³-hybridized carbons (Fsp3) is 0.733. The maximum absolute atomic E-state index is 12.8. The number of carbonyl (C=O) groups is 2. The molecule has 108 valence electrons. The second kappa shape index (κ2) is 5.76. The Hall–Kier alpha value is -1.32. The third kappa shape index (κ3) is 2.40. The smallest absolute Gasteiger partial charge is 0.249 e. The summed E-state index contributed by atoms with van der Waals surface area (Å²) < 4.78 is 0. The van der Waals surface area contributed by atoms with Crippen molar-refractivity contribution in [2.24, 2.45) is 0 Å². The molecule has 1 fully saturated rings. The van der Waals surface area contributed by atoms with E-state index in [1.54, 1.807) is 4.90 Å². The first-order valence-electron chi connectivity index (χ1n) is 7.17. The highest BCUT2D eigenvalue weighted by molar-refractivity contribution is 6.02. The van der Waals surface area contributed by atoms with Crippen LogP contribution < -0.4 is 5.32 Å². The number of carbonyl (C=O) groups excluding carboxylic acids is 2. The van der Waals surface area contributed by atoms with Crippen LogP contribution in [0.4, 0.5) is 0 Å². The molecule has 1 heterocycles. The maximum atomic E-state index is 12.8. The summed E-state index contributed by atoms with van der Waals surface area (Å²) in [6.07, 6.45) is 5.71. The van der Waals surface area contributed by atoms with Gasteiger partial charge >= 0.3 is 0 Å². The Kier molecular flexibility index (Phi) is 4.77. The van der Waals surface area contributed by atoms with Crippen LogP contribution in [-0.4, -0.2) is 34.3 Å². The van der Waals surface area contributed by atoms with Crippen LogP contribution in [0.3, 0.4) is 0 Å². The first-order chi connectivity index (χ1) is 8.91. The molecule has 0 aromatic heterocycles. The molecule has 0 radical (unpaired) electrons. The molecule has 0 saturated carbocycles. The monoisotopic (exact) mass is 266 g/mol. The number of rotatable bonds is 5. The van der Waals surface area contributed by atoms with Gasteiger partial charge in [0.25, 0.3) is 0 Å². The normalized spacial score (nSPS) is 26.9. The molecule has 19 heavy (non-hydrogen) atoms. The topological polar surface area (TPSA) is 49.4 Å². The summed E-state index contributed by atoms with van der Waals surface area (Å²) in [5.74, 6) is 0.00218. The predicted octanol–water partition coefficient (Wildman–Crippen LogP) is 2.25. The van der Waals surface area contributed by atoms with E-state index in [1.165, 1.54) is 0 Å². The average Bonchev–Trinajstić information content (AvgIpc) is 2.43. The Morgan fingerprint density at radius 1 is 1.16 bits per heavy atom. The van der Waals surface area contributed by atoms with E-state index < -0.39 is 11.1 Å². The zero-order valence-electron chi connectivity index (χ0n) is 12.7. The molecule has 1 rings (SSSR count). The van der Waals surface area contributed by atoms with Gasteiger partial charge in [0.2, 0.25) is 11.8 Å². The third-order valence-corrected chi connectivity index (χ3v) is 4.51. The van der Waals surface area contributed by atoms with Gasteiger partial charge in [0.05, 0.1) is 0 Å². The van der Waals surface area contributed by atoms with Crippen LogP contribution in [0, 0.1) is 0 Å². The standard InChI is InChI=1S/C15H26N2O2/c1-6-10-11-17-13(19)15(8-3,9-4)16-12(18)14(17,5)7-2/h6,10H,7-9,11H2,1-5H3,(H,16,18)/b10-6+. The Labute approximate surface area is 116 Å². The second-order valence-corrected chi connectivity index (χ2v) is 5.36. The highest BCUT2D eigenvalue weighted by atomic mass is 16.2. The molecule has 1 aliphatic heterocycles. The average molecular weight is 266 g/mol. The van der Waals surface area contributed by atoms with Crippen LogP contribution in [0.25, 0.3) is 0 Å². The summed E-state index contributed by atoms with van der Waals surface area (Å²) in [4.78, 5) is 27.0. The Bertz CT molecular complexity index is 386. The fourth-order valence-electron chi connectivity index (χ4n) is 2.59. The van der Waals surface area contributed by atoms with E-state index in [0.717, 1.165) is 0 Å². The highest BCUT2D eigenvalue weighted by Crippen LogP contribution is 2.32. The molecule has 0 bridgehead atoms. The van der Waals surface area contributed by atoms with E-state index in [1.807, 2.05) is 46.8 Å². The Balaban J connectivity index is 3.23. The Morgan fingerprint density at radius 3 is 2.16 bits per heavy atom. The van der Waals surface area contributed by atoms with Crippen molar-refractivity contribution >= 4 is 11.8 Å². The quantitative estimate of drug-likeness (QED) is 0.776. The van der Waals surface area contributed by atoms with E-state index in [-0.39, 0.29) is 11.8 Å². The molecule has 1 aliphatic rings. The van der Waals surface area contributed by atoms with Gasteiger partial charge in [-0.2, -0.15) is 0 Å². The number of piperazine rings is 1. The molecule has 0 spiro atoms. The molecule has 2 amide bonds. The van der Waals surface area contributed by atoms with Gasteiger partial charge < -0.3 is 10.2 Å². The molecule has 0 aliphatic carbocycles. The first kappa shape index (κ1) is 15.7. The summed E-state index contributed by atoms with van der Waals surface area (Å²) in [6.45, 7) is 10.1. The lowest BCUT2D eigenvalue weighted by Gasteiger charge is -2.50. The van der Waals surface area contributed by atoms with E-state index in [4.69, 9.17) is 0 Å². The Morgan fingerprint density at radius 2 is 1.74 bits per heavy atom. The molecule has 0 aromatic carbocycles. The molecule has 4 heteroatoms. The van der Waals surface area contributed by atoms with Gasteiger partial charge in [0, 0.05) is 6.54 Å². The molecule has 1 saturated heterocycles. The molecular formula is C15H26N2O2. The lowest BCUT2D eigenvalue weighted by atomic mass is 9.81. The summed E-state index contributed by atoms with van der Waals surface area (Å²) in [7, 11) is 0. The summed E-state index contributed by atoms with van der Waals surface area (Å²) in [5.41, 5.74) is -1.47. The van der Waals surface area contributed by atoms with E-state index in [9.17, 15) is 9.59 Å². The summed E-state index contributed by atoms with van der Waals surface area (Å²) in [6, 6.07) is 0. The molecule has 1 atom stereocenters. The van der Waals surface area contributed by atoms with Crippen LogP contribution in [0.15, 0.2) is 12.2 Å². The molecular weight excluding hydrogens is 240 g/mol. The van der Waals surface area contributed by atoms with Crippen molar-refractivity contribution < 1.29 is 9.59 Å². The van der Waals surface area contributed by atoms with Crippen molar-refractivity contribution in [3.05, 3.63) is 12.2 Å². The van der Waals surface area contributed by atoms with Crippen LogP contribution >= 0.6 is 0 Å². The van der Waals surface area contributed by atoms with Crippen molar-refractivity contribution in [1.29, 1.82) is 0 Å². The maximum Gasteiger partial charge on any atom is 0.249 e. The van der Waals surface area contributed by atoms with Crippen LogP contribution in [0.5, 0.6) is 0 Å². The fourth-order valence-corrected chi connectivity index (χ4v) is 2.59. The van der Waals surface area contributed by atoms with Crippen molar-refractivity contribution in [2.75, 3.05) is 6.54 Å². The van der Waals surface area contributed by atoms with Crippen molar-refractivity contribution in [3.63, 3.8) is 0 Å². The van der Waals surface area contributed by atoms with Gasteiger partial charge in [-0.15, -0.1) is 0 Å². The molecule has 0 aromatic rings. The molecule has 1 unspecified atom stereocenters.